The first kappa shape index (κ1) is 18.7. The molecule has 0 saturated heterocycles. The first-order chi connectivity index (χ1) is 12.9. The Balaban J connectivity index is 1.60. The van der Waals surface area contributed by atoms with Crippen molar-refractivity contribution in [2.24, 2.45) is 5.73 Å². The molecule has 0 aromatic heterocycles. The zero-order chi connectivity index (χ0) is 19.4. The minimum absolute atomic E-state index is 0.137. The van der Waals surface area contributed by atoms with E-state index in [0.29, 0.717) is 31.0 Å². The maximum atomic E-state index is 12.5. The molecule has 0 fully saturated rings. The van der Waals surface area contributed by atoms with E-state index in [-0.39, 0.29) is 11.9 Å². The number of hydrogen-bond donors (Lipinski definition) is 2. The van der Waals surface area contributed by atoms with Crippen LogP contribution < -0.4 is 20.5 Å². The molecule has 0 saturated carbocycles. The quantitative estimate of drug-likeness (QED) is 0.812. The van der Waals surface area contributed by atoms with Gasteiger partial charge in [0.05, 0.1) is 6.04 Å². The zero-order valence-corrected chi connectivity index (χ0v) is 15.4. The van der Waals surface area contributed by atoms with E-state index in [1.165, 1.54) is 0 Å². The summed E-state index contributed by atoms with van der Waals surface area (Å²) in [4.78, 5) is 25.6. The van der Waals surface area contributed by atoms with Crippen LogP contribution in [0.2, 0.25) is 0 Å². The number of nitrogens with one attached hydrogen (secondary N) is 1. The number of primary amides is 1. The van der Waals surface area contributed by atoms with Crippen LogP contribution >= 0.6 is 0 Å². The van der Waals surface area contributed by atoms with E-state index in [4.69, 9.17) is 15.2 Å². The van der Waals surface area contributed by atoms with Crippen LogP contribution in [0.25, 0.3) is 0 Å². The highest BCUT2D eigenvalue weighted by Crippen LogP contribution is 2.31. The molecule has 0 spiro atoms. The van der Waals surface area contributed by atoms with Crippen molar-refractivity contribution < 1.29 is 19.1 Å². The minimum atomic E-state index is -0.500. The van der Waals surface area contributed by atoms with Gasteiger partial charge in [-0.25, -0.2) is 0 Å². The van der Waals surface area contributed by atoms with Gasteiger partial charge in [-0.2, -0.15) is 0 Å². The van der Waals surface area contributed by atoms with E-state index in [9.17, 15) is 9.59 Å². The largest absolute Gasteiger partial charge is 0.486 e. The molecule has 7 heteroatoms. The van der Waals surface area contributed by atoms with Crippen molar-refractivity contribution in [1.29, 1.82) is 0 Å². The van der Waals surface area contributed by atoms with Crippen molar-refractivity contribution in [3.8, 4) is 11.5 Å². The standard InChI is InChI=1S/C20H23N3O4/c1-13(20(25)22-16-6-4-15(5-7-16)19(21)24)23(2)12-14-3-8-17-18(11-14)27-10-9-26-17/h3-8,11,13H,9-10,12H2,1-2H3,(H2,21,24)(H,22,25). The van der Waals surface area contributed by atoms with Crippen molar-refractivity contribution in [1.82, 2.24) is 4.90 Å². The highest BCUT2D eigenvalue weighted by molar-refractivity contribution is 5.96. The number of fused-ring (bicyclic) bond motifs is 1. The number of nitrogens with zero attached hydrogens (tertiary/aromatic N) is 1. The van der Waals surface area contributed by atoms with Gasteiger partial charge in [0, 0.05) is 17.8 Å². The molecule has 0 aliphatic carbocycles. The van der Waals surface area contributed by atoms with Gasteiger partial charge in [-0.1, -0.05) is 6.07 Å². The van der Waals surface area contributed by atoms with Crippen LogP contribution in [0.3, 0.4) is 0 Å². The van der Waals surface area contributed by atoms with Crippen LogP contribution in [0.4, 0.5) is 5.69 Å². The number of rotatable bonds is 6. The van der Waals surface area contributed by atoms with Gasteiger partial charge in [0.15, 0.2) is 11.5 Å². The first-order valence-corrected chi connectivity index (χ1v) is 8.73. The molecule has 1 unspecified atom stereocenters. The average molecular weight is 369 g/mol. The molecule has 1 heterocycles. The lowest BCUT2D eigenvalue weighted by molar-refractivity contribution is -0.120. The smallest absolute Gasteiger partial charge is 0.248 e. The molecule has 1 aliphatic rings. The molecule has 2 aromatic rings. The third kappa shape index (κ3) is 4.57. The van der Waals surface area contributed by atoms with Gasteiger partial charge in [0.1, 0.15) is 13.2 Å². The topological polar surface area (TPSA) is 93.9 Å². The summed E-state index contributed by atoms with van der Waals surface area (Å²) >= 11 is 0. The van der Waals surface area contributed by atoms with Crippen LogP contribution in [-0.2, 0) is 11.3 Å². The molecular weight excluding hydrogens is 346 g/mol. The van der Waals surface area contributed by atoms with Gasteiger partial charge in [0.2, 0.25) is 11.8 Å². The van der Waals surface area contributed by atoms with Crippen LogP contribution in [0, 0.1) is 0 Å². The van der Waals surface area contributed by atoms with Crippen LogP contribution in [0.15, 0.2) is 42.5 Å². The van der Waals surface area contributed by atoms with Crippen molar-refractivity contribution >= 4 is 17.5 Å². The Morgan fingerprint density at radius 2 is 1.78 bits per heavy atom. The van der Waals surface area contributed by atoms with Gasteiger partial charge in [-0.15, -0.1) is 0 Å². The number of benzene rings is 2. The second kappa shape index (κ2) is 8.09. The van der Waals surface area contributed by atoms with Crippen molar-refractivity contribution in [3.05, 3.63) is 53.6 Å². The SMILES string of the molecule is CC(C(=O)Nc1ccc(C(N)=O)cc1)N(C)Cc1ccc2c(c1)OCCO2. The first-order valence-electron chi connectivity index (χ1n) is 8.73. The van der Waals surface area contributed by atoms with Crippen molar-refractivity contribution in [3.63, 3.8) is 0 Å². The van der Waals surface area contributed by atoms with Gasteiger partial charge >= 0.3 is 0 Å². The average Bonchev–Trinajstić information content (AvgIpc) is 2.67. The third-order valence-corrected chi connectivity index (χ3v) is 4.52. The minimum Gasteiger partial charge on any atom is -0.486 e. The molecule has 0 radical (unpaired) electrons. The van der Waals surface area contributed by atoms with E-state index in [1.807, 2.05) is 37.1 Å². The number of hydrogen-bond acceptors (Lipinski definition) is 5. The van der Waals surface area contributed by atoms with Crippen molar-refractivity contribution in [2.45, 2.75) is 19.5 Å². The number of amides is 2. The molecule has 27 heavy (non-hydrogen) atoms. The Morgan fingerprint density at radius 3 is 2.44 bits per heavy atom. The highest BCUT2D eigenvalue weighted by atomic mass is 16.6. The fourth-order valence-corrected chi connectivity index (χ4v) is 2.78. The normalized spacial score (nSPS) is 13.9. The van der Waals surface area contributed by atoms with Crippen LogP contribution in [0.5, 0.6) is 11.5 Å². The Kier molecular flexibility index (Phi) is 5.61. The fraction of sp³-hybridized carbons (Fsp3) is 0.300. The van der Waals surface area contributed by atoms with E-state index < -0.39 is 5.91 Å². The molecule has 1 aliphatic heterocycles. The van der Waals surface area contributed by atoms with E-state index in [1.54, 1.807) is 24.3 Å². The maximum absolute atomic E-state index is 12.5. The summed E-state index contributed by atoms with van der Waals surface area (Å²) in [7, 11) is 1.89. The second-order valence-corrected chi connectivity index (χ2v) is 6.50. The summed E-state index contributed by atoms with van der Waals surface area (Å²) < 4.78 is 11.1. The van der Waals surface area contributed by atoms with Gasteiger partial charge in [-0.3, -0.25) is 14.5 Å². The van der Waals surface area contributed by atoms with Gasteiger partial charge < -0.3 is 20.5 Å². The molecule has 0 bridgehead atoms. The lowest BCUT2D eigenvalue weighted by Crippen LogP contribution is -2.39. The lowest BCUT2D eigenvalue weighted by atomic mass is 10.1. The summed E-state index contributed by atoms with van der Waals surface area (Å²) in [6.07, 6.45) is 0. The number of anilines is 1. The predicted molar refractivity (Wildman–Crippen MR) is 102 cm³/mol. The van der Waals surface area contributed by atoms with Crippen molar-refractivity contribution in [2.75, 3.05) is 25.6 Å². The molecule has 2 amide bonds. The van der Waals surface area contributed by atoms with Gasteiger partial charge in [0.25, 0.3) is 0 Å². The summed E-state index contributed by atoms with van der Waals surface area (Å²) in [5.74, 6) is 0.846. The second-order valence-electron chi connectivity index (χ2n) is 6.50. The maximum Gasteiger partial charge on any atom is 0.248 e. The predicted octanol–water partition coefficient (Wildman–Crippen LogP) is 2.02. The highest BCUT2D eigenvalue weighted by Gasteiger charge is 2.19. The van der Waals surface area contributed by atoms with E-state index in [0.717, 1.165) is 17.1 Å². The Hall–Kier alpha value is -3.06. The molecule has 7 nitrogen and oxygen atoms in total. The monoisotopic (exact) mass is 369 g/mol. The summed E-state index contributed by atoms with van der Waals surface area (Å²) in [5, 5.41) is 2.85. The van der Waals surface area contributed by atoms with Crippen LogP contribution in [-0.4, -0.2) is 43.0 Å². The molecule has 1 atom stereocenters. The number of carbonyl (C=O) groups excluding carboxylic acids is 2. The molecule has 3 rings (SSSR count). The summed E-state index contributed by atoms with van der Waals surface area (Å²) in [6, 6.07) is 11.9. The molecular formula is C20H23N3O4. The number of ether oxygens (including phenoxy) is 2. The van der Waals surface area contributed by atoms with E-state index in [2.05, 4.69) is 5.32 Å². The lowest BCUT2D eigenvalue weighted by Gasteiger charge is -2.25. The van der Waals surface area contributed by atoms with Gasteiger partial charge in [-0.05, 0) is 55.9 Å². The van der Waals surface area contributed by atoms with Crippen LogP contribution in [0.1, 0.15) is 22.8 Å². The summed E-state index contributed by atoms with van der Waals surface area (Å²) in [5.41, 5.74) is 7.27. The Morgan fingerprint density at radius 1 is 1.11 bits per heavy atom. The molecule has 142 valence electrons. The fourth-order valence-electron chi connectivity index (χ4n) is 2.78. The number of likely N-dealkylation sites (N-methyl/N-ethyl adjacent to an activating group) is 1. The Bertz CT molecular complexity index is 836. The Labute approximate surface area is 158 Å². The van der Waals surface area contributed by atoms with E-state index >= 15 is 0 Å². The molecule has 3 N–H and O–H groups in total. The third-order valence-electron chi connectivity index (χ3n) is 4.52. The number of nitrogens with two attached hydrogens (primary N) is 1. The number of carbonyl (C=O) groups is 2. The molecule has 2 aromatic carbocycles. The zero-order valence-electron chi connectivity index (χ0n) is 15.4. The summed E-state index contributed by atoms with van der Waals surface area (Å²) in [6.45, 7) is 3.53.